The van der Waals surface area contributed by atoms with Gasteiger partial charge in [-0.2, -0.15) is 0 Å². The van der Waals surface area contributed by atoms with Gasteiger partial charge in [-0.25, -0.2) is 9.97 Å². The van der Waals surface area contributed by atoms with E-state index in [9.17, 15) is 0 Å². The van der Waals surface area contributed by atoms with Gasteiger partial charge in [0.1, 0.15) is 0 Å². The summed E-state index contributed by atoms with van der Waals surface area (Å²) in [5.74, 6) is 0. The minimum atomic E-state index is 0.543. The van der Waals surface area contributed by atoms with E-state index in [1.54, 1.807) is 0 Å². The molecule has 1 aromatic heterocycles. The van der Waals surface area contributed by atoms with Crippen molar-refractivity contribution in [3.8, 4) is 0 Å². The SMILES string of the molecule is Cc1ccc(NC(=S)Nc2ccc3nc4ccccc4nc3c2)cc1C. The molecule has 0 saturated carbocycles. The van der Waals surface area contributed by atoms with E-state index >= 15 is 0 Å². The maximum atomic E-state index is 5.44. The lowest BCUT2D eigenvalue weighted by atomic mass is 10.1. The largest absolute Gasteiger partial charge is 0.332 e. The summed E-state index contributed by atoms with van der Waals surface area (Å²) in [7, 11) is 0. The van der Waals surface area contributed by atoms with Crippen molar-refractivity contribution >= 4 is 50.8 Å². The fourth-order valence-electron chi connectivity index (χ4n) is 2.81. The molecule has 5 heteroatoms. The van der Waals surface area contributed by atoms with Crippen LogP contribution in [0.15, 0.2) is 60.7 Å². The van der Waals surface area contributed by atoms with Crippen molar-refractivity contribution in [1.82, 2.24) is 9.97 Å². The number of hydrogen-bond acceptors (Lipinski definition) is 3. The van der Waals surface area contributed by atoms with Gasteiger partial charge in [0, 0.05) is 11.4 Å². The Kier molecular flexibility index (Phi) is 4.22. The zero-order valence-electron chi connectivity index (χ0n) is 14.6. The molecule has 0 amide bonds. The number of thiocarbonyl (C=S) groups is 1. The Morgan fingerprint density at radius 1 is 0.692 bits per heavy atom. The predicted molar refractivity (Wildman–Crippen MR) is 113 cm³/mol. The van der Waals surface area contributed by atoms with Crippen molar-refractivity contribution in [1.29, 1.82) is 0 Å². The molecule has 128 valence electrons. The van der Waals surface area contributed by atoms with Crippen molar-refractivity contribution in [3.63, 3.8) is 0 Å². The second kappa shape index (κ2) is 6.69. The summed E-state index contributed by atoms with van der Waals surface area (Å²) in [6, 6.07) is 19.9. The van der Waals surface area contributed by atoms with Crippen LogP contribution >= 0.6 is 12.2 Å². The van der Waals surface area contributed by atoms with E-state index < -0.39 is 0 Å². The summed E-state index contributed by atoms with van der Waals surface area (Å²) in [5, 5.41) is 6.98. The minimum absolute atomic E-state index is 0.543. The Morgan fingerprint density at radius 2 is 1.27 bits per heavy atom. The first kappa shape index (κ1) is 16.4. The number of aromatic nitrogens is 2. The molecule has 0 aliphatic carbocycles. The third kappa shape index (κ3) is 3.34. The van der Waals surface area contributed by atoms with Crippen molar-refractivity contribution in [2.45, 2.75) is 13.8 Å². The summed E-state index contributed by atoms with van der Waals surface area (Å²) in [6.45, 7) is 4.18. The number of anilines is 2. The summed E-state index contributed by atoms with van der Waals surface area (Å²) in [5.41, 5.74) is 7.81. The highest BCUT2D eigenvalue weighted by Crippen LogP contribution is 2.20. The molecule has 0 spiro atoms. The van der Waals surface area contributed by atoms with Gasteiger partial charge in [0.25, 0.3) is 0 Å². The first-order valence-electron chi connectivity index (χ1n) is 8.40. The van der Waals surface area contributed by atoms with Gasteiger partial charge < -0.3 is 10.6 Å². The van der Waals surface area contributed by atoms with Crippen LogP contribution < -0.4 is 10.6 Å². The number of fused-ring (bicyclic) bond motifs is 2. The number of rotatable bonds is 2. The highest BCUT2D eigenvalue weighted by molar-refractivity contribution is 7.80. The van der Waals surface area contributed by atoms with Gasteiger partial charge in [0.05, 0.1) is 22.1 Å². The van der Waals surface area contributed by atoms with Crippen LogP contribution in [-0.2, 0) is 0 Å². The second-order valence-corrected chi connectivity index (χ2v) is 6.70. The molecular weight excluding hydrogens is 340 g/mol. The quantitative estimate of drug-likeness (QED) is 0.380. The van der Waals surface area contributed by atoms with Crippen LogP contribution in [0.4, 0.5) is 11.4 Å². The summed E-state index contributed by atoms with van der Waals surface area (Å²) in [4.78, 5) is 9.33. The number of hydrogen-bond donors (Lipinski definition) is 2. The molecule has 4 aromatic rings. The molecule has 1 heterocycles. The van der Waals surface area contributed by atoms with E-state index in [0.717, 1.165) is 33.4 Å². The Labute approximate surface area is 157 Å². The van der Waals surface area contributed by atoms with Crippen molar-refractivity contribution < 1.29 is 0 Å². The van der Waals surface area contributed by atoms with E-state index in [-0.39, 0.29) is 0 Å². The van der Waals surface area contributed by atoms with Crippen LogP contribution in [0.1, 0.15) is 11.1 Å². The lowest BCUT2D eigenvalue weighted by Crippen LogP contribution is -2.19. The first-order valence-corrected chi connectivity index (χ1v) is 8.81. The van der Waals surface area contributed by atoms with Crippen LogP contribution in [0.3, 0.4) is 0 Å². The van der Waals surface area contributed by atoms with Gasteiger partial charge in [-0.1, -0.05) is 18.2 Å². The van der Waals surface area contributed by atoms with E-state index in [2.05, 4.69) is 46.6 Å². The van der Waals surface area contributed by atoms with Gasteiger partial charge in [-0.3, -0.25) is 0 Å². The Morgan fingerprint density at radius 3 is 1.96 bits per heavy atom. The van der Waals surface area contributed by atoms with Gasteiger partial charge in [-0.05, 0) is 79.7 Å². The monoisotopic (exact) mass is 358 g/mol. The summed E-state index contributed by atoms with van der Waals surface area (Å²) >= 11 is 5.44. The zero-order valence-corrected chi connectivity index (χ0v) is 15.4. The van der Waals surface area contributed by atoms with Gasteiger partial charge in [0.15, 0.2) is 5.11 Å². The first-order chi connectivity index (χ1) is 12.6. The molecule has 0 radical (unpaired) electrons. The molecule has 0 atom stereocenters. The molecule has 4 rings (SSSR count). The average molecular weight is 358 g/mol. The lowest BCUT2D eigenvalue weighted by Gasteiger charge is -2.12. The fourth-order valence-corrected chi connectivity index (χ4v) is 3.05. The number of benzene rings is 3. The molecule has 26 heavy (non-hydrogen) atoms. The average Bonchev–Trinajstić information content (AvgIpc) is 2.63. The molecule has 0 bridgehead atoms. The highest BCUT2D eigenvalue weighted by atomic mass is 32.1. The maximum absolute atomic E-state index is 5.44. The van der Waals surface area contributed by atoms with Crippen LogP contribution in [-0.4, -0.2) is 15.1 Å². The molecule has 0 aliphatic heterocycles. The van der Waals surface area contributed by atoms with Crippen molar-refractivity contribution in [3.05, 3.63) is 71.8 Å². The van der Waals surface area contributed by atoms with E-state index in [0.29, 0.717) is 5.11 Å². The van der Waals surface area contributed by atoms with Crippen LogP contribution in [0.5, 0.6) is 0 Å². The summed E-state index contributed by atoms with van der Waals surface area (Å²) < 4.78 is 0. The molecule has 0 aliphatic rings. The Bertz CT molecular complexity index is 1140. The molecule has 3 aromatic carbocycles. The summed E-state index contributed by atoms with van der Waals surface area (Å²) in [6.07, 6.45) is 0. The highest BCUT2D eigenvalue weighted by Gasteiger charge is 2.05. The predicted octanol–water partition coefficient (Wildman–Crippen LogP) is 5.21. The van der Waals surface area contributed by atoms with E-state index in [1.807, 2.05) is 48.5 Å². The third-order valence-electron chi connectivity index (χ3n) is 4.36. The number of nitrogens with zero attached hydrogens (tertiary/aromatic N) is 2. The lowest BCUT2D eigenvalue weighted by molar-refractivity contribution is 1.34. The molecular formula is C21H18N4S. The fraction of sp³-hybridized carbons (Fsp3) is 0.0952. The molecule has 2 N–H and O–H groups in total. The van der Waals surface area contributed by atoms with Crippen LogP contribution in [0.25, 0.3) is 22.1 Å². The van der Waals surface area contributed by atoms with E-state index in [4.69, 9.17) is 12.2 Å². The van der Waals surface area contributed by atoms with Gasteiger partial charge in [0.2, 0.25) is 0 Å². The number of aryl methyl sites for hydroxylation is 2. The number of nitrogens with one attached hydrogen (secondary N) is 2. The normalized spacial score (nSPS) is 10.8. The molecule has 0 saturated heterocycles. The van der Waals surface area contributed by atoms with Crippen molar-refractivity contribution in [2.75, 3.05) is 10.6 Å². The Hall–Kier alpha value is -3.05. The Balaban J connectivity index is 1.57. The molecule has 0 fully saturated rings. The maximum Gasteiger partial charge on any atom is 0.175 e. The minimum Gasteiger partial charge on any atom is -0.332 e. The van der Waals surface area contributed by atoms with Gasteiger partial charge in [-0.15, -0.1) is 0 Å². The van der Waals surface area contributed by atoms with E-state index in [1.165, 1.54) is 11.1 Å². The van der Waals surface area contributed by atoms with Crippen LogP contribution in [0, 0.1) is 13.8 Å². The van der Waals surface area contributed by atoms with Crippen molar-refractivity contribution in [2.24, 2.45) is 0 Å². The number of para-hydroxylation sites is 2. The molecule has 0 unspecified atom stereocenters. The zero-order chi connectivity index (χ0) is 18.1. The topological polar surface area (TPSA) is 49.8 Å². The smallest absolute Gasteiger partial charge is 0.175 e. The standard InChI is InChI=1S/C21H18N4S/c1-13-7-8-15(11-14(13)2)22-21(26)23-16-9-10-19-20(12-16)25-18-6-4-3-5-17(18)24-19/h3-12H,1-2H3,(H2,22,23,26). The third-order valence-corrected chi connectivity index (χ3v) is 4.57. The van der Waals surface area contributed by atoms with Gasteiger partial charge >= 0.3 is 0 Å². The molecule has 4 nitrogen and oxygen atoms in total. The van der Waals surface area contributed by atoms with Crippen LogP contribution in [0.2, 0.25) is 0 Å². The second-order valence-electron chi connectivity index (χ2n) is 6.29.